The Bertz CT molecular complexity index is 545. The summed E-state index contributed by atoms with van der Waals surface area (Å²) >= 11 is 0. The molecular weight excluding hydrogens is 274 g/mol. The fraction of sp³-hybridized carbons (Fsp3) is 0.500. The molecule has 2 N–H and O–H groups in total. The van der Waals surface area contributed by atoms with Crippen molar-refractivity contribution in [2.24, 2.45) is 0 Å². The van der Waals surface area contributed by atoms with E-state index in [2.05, 4.69) is 10.0 Å². The van der Waals surface area contributed by atoms with Crippen LogP contribution in [0.15, 0.2) is 18.2 Å². The summed E-state index contributed by atoms with van der Waals surface area (Å²) in [6, 6.07) is 3.40. The number of benzene rings is 1. The van der Waals surface area contributed by atoms with Crippen molar-refractivity contribution >= 4 is 10.0 Å². The van der Waals surface area contributed by atoms with Gasteiger partial charge in [0, 0.05) is 24.7 Å². The maximum atomic E-state index is 13.3. The minimum absolute atomic E-state index is 0.00118. The lowest BCUT2D eigenvalue weighted by Gasteiger charge is -2.08. The first kappa shape index (κ1) is 14.4. The topological polar surface area (TPSA) is 58.2 Å². The molecule has 0 heterocycles. The van der Waals surface area contributed by atoms with Crippen molar-refractivity contribution in [2.75, 3.05) is 12.3 Å². The monoisotopic (exact) mass is 290 g/mol. The maximum absolute atomic E-state index is 13.3. The van der Waals surface area contributed by atoms with E-state index in [1.807, 2.05) is 0 Å². The highest BCUT2D eigenvalue weighted by atomic mass is 32.2. The van der Waals surface area contributed by atoms with E-state index in [0.717, 1.165) is 31.0 Å². The lowest BCUT2D eigenvalue weighted by Crippen LogP contribution is -2.32. The van der Waals surface area contributed by atoms with Crippen molar-refractivity contribution in [1.82, 2.24) is 10.0 Å². The van der Waals surface area contributed by atoms with E-state index >= 15 is 0 Å². The molecule has 0 saturated heterocycles. The Morgan fingerprint density at radius 2 is 2.00 bits per heavy atom. The van der Waals surface area contributed by atoms with Crippen LogP contribution in [0.2, 0.25) is 0 Å². The van der Waals surface area contributed by atoms with E-state index in [1.54, 1.807) is 0 Å². The molecule has 0 aliphatic heterocycles. The Morgan fingerprint density at radius 3 is 2.68 bits per heavy atom. The van der Waals surface area contributed by atoms with Crippen molar-refractivity contribution in [2.45, 2.75) is 25.4 Å². The predicted octanol–water partition coefficient (Wildman–Crippen LogP) is 1.14. The van der Waals surface area contributed by atoms with Gasteiger partial charge in [0.25, 0.3) is 0 Å². The summed E-state index contributed by atoms with van der Waals surface area (Å²) in [5.41, 5.74) is -0.00118. The van der Waals surface area contributed by atoms with Crippen molar-refractivity contribution in [3.63, 3.8) is 0 Å². The molecule has 0 spiro atoms. The minimum atomic E-state index is -3.48. The smallest absolute Gasteiger partial charge is 0.213 e. The largest absolute Gasteiger partial charge is 0.313 e. The third-order valence-electron chi connectivity index (χ3n) is 2.87. The third kappa shape index (κ3) is 4.85. The molecule has 7 heteroatoms. The minimum Gasteiger partial charge on any atom is -0.313 e. The Morgan fingerprint density at radius 1 is 1.26 bits per heavy atom. The number of rotatable bonds is 7. The molecule has 0 atom stereocenters. The molecule has 1 aliphatic carbocycles. The molecule has 0 bridgehead atoms. The van der Waals surface area contributed by atoms with E-state index in [4.69, 9.17) is 0 Å². The molecule has 2 rings (SSSR count). The van der Waals surface area contributed by atoms with Gasteiger partial charge in [-0.3, -0.25) is 0 Å². The average molecular weight is 290 g/mol. The van der Waals surface area contributed by atoms with Gasteiger partial charge in [0.1, 0.15) is 11.6 Å². The highest BCUT2D eigenvalue weighted by Gasteiger charge is 2.21. The summed E-state index contributed by atoms with van der Waals surface area (Å²) in [7, 11) is -3.48. The molecule has 1 aromatic rings. The van der Waals surface area contributed by atoms with Gasteiger partial charge in [-0.25, -0.2) is 21.9 Å². The van der Waals surface area contributed by atoms with Crippen LogP contribution in [-0.4, -0.2) is 26.8 Å². The molecule has 106 valence electrons. The Hall–Kier alpha value is -1.05. The SMILES string of the molecule is O=S(=O)(CCNC1CC1)NCc1cc(F)ccc1F. The summed E-state index contributed by atoms with van der Waals surface area (Å²) < 4.78 is 51.7. The van der Waals surface area contributed by atoms with Crippen molar-refractivity contribution in [3.05, 3.63) is 35.4 Å². The second kappa shape index (κ2) is 5.94. The summed E-state index contributed by atoms with van der Waals surface area (Å²) in [6.07, 6.45) is 2.17. The highest BCUT2D eigenvalue weighted by molar-refractivity contribution is 7.89. The van der Waals surface area contributed by atoms with Crippen LogP contribution in [-0.2, 0) is 16.6 Å². The van der Waals surface area contributed by atoms with Crippen LogP contribution in [0.5, 0.6) is 0 Å². The van der Waals surface area contributed by atoms with Gasteiger partial charge in [-0.05, 0) is 31.0 Å². The predicted molar refractivity (Wildman–Crippen MR) is 68.0 cm³/mol. The number of hydrogen-bond donors (Lipinski definition) is 2. The Balaban J connectivity index is 1.83. The molecular formula is C12H16F2N2O2S. The van der Waals surface area contributed by atoms with E-state index in [0.29, 0.717) is 12.6 Å². The second-order valence-corrected chi connectivity index (χ2v) is 6.53. The molecule has 1 saturated carbocycles. The zero-order valence-corrected chi connectivity index (χ0v) is 11.1. The first-order valence-corrected chi connectivity index (χ1v) is 7.76. The van der Waals surface area contributed by atoms with E-state index in [-0.39, 0.29) is 17.9 Å². The zero-order valence-electron chi connectivity index (χ0n) is 10.3. The lowest BCUT2D eigenvalue weighted by atomic mass is 10.2. The highest BCUT2D eigenvalue weighted by Crippen LogP contribution is 2.18. The van der Waals surface area contributed by atoms with Crippen LogP contribution in [0, 0.1) is 11.6 Å². The second-order valence-electron chi connectivity index (χ2n) is 4.60. The summed E-state index contributed by atoms with van der Waals surface area (Å²) in [4.78, 5) is 0. The van der Waals surface area contributed by atoms with Crippen LogP contribution in [0.1, 0.15) is 18.4 Å². The number of nitrogens with one attached hydrogen (secondary N) is 2. The third-order valence-corrected chi connectivity index (χ3v) is 4.20. The van der Waals surface area contributed by atoms with Crippen LogP contribution >= 0.6 is 0 Å². The molecule has 0 amide bonds. The van der Waals surface area contributed by atoms with Crippen molar-refractivity contribution < 1.29 is 17.2 Å². The van der Waals surface area contributed by atoms with E-state index in [9.17, 15) is 17.2 Å². The molecule has 0 aromatic heterocycles. The first-order valence-electron chi connectivity index (χ1n) is 6.11. The Kier molecular flexibility index (Phi) is 4.49. The van der Waals surface area contributed by atoms with Crippen LogP contribution in [0.25, 0.3) is 0 Å². The Labute approximate surface area is 111 Å². The quantitative estimate of drug-likeness (QED) is 0.791. The molecule has 0 radical (unpaired) electrons. The van der Waals surface area contributed by atoms with Crippen LogP contribution in [0.3, 0.4) is 0 Å². The molecule has 19 heavy (non-hydrogen) atoms. The van der Waals surface area contributed by atoms with Gasteiger partial charge in [-0.1, -0.05) is 0 Å². The van der Waals surface area contributed by atoms with Crippen molar-refractivity contribution in [3.8, 4) is 0 Å². The lowest BCUT2D eigenvalue weighted by molar-refractivity contribution is 0.564. The average Bonchev–Trinajstić information content (AvgIpc) is 3.14. The number of hydrogen-bond acceptors (Lipinski definition) is 3. The van der Waals surface area contributed by atoms with Crippen LogP contribution in [0.4, 0.5) is 8.78 Å². The standard InChI is InChI=1S/C12H16F2N2O2S/c13-10-1-4-12(14)9(7-10)8-16-19(17,18)6-5-15-11-2-3-11/h1,4,7,11,15-16H,2-3,5-6,8H2. The van der Waals surface area contributed by atoms with Gasteiger partial charge in [0.15, 0.2) is 0 Å². The fourth-order valence-corrected chi connectivity index (χ4v) is 2.53. The van der Waals surface area contributed by atoms with Crippen molar-refractivity contribution in [1.29, 1.82) is 0 Å². The van der Waals surface area contributed by atoms with Crippen LogP contribution < -0.4 is 10.0 Å². The summed E-state index contributed by atoms with van der Waals surface area (Å²) in [5.74, 6) is -1.29. The molecule has 0 unspecified atom stereocenters. The van der Waals surface area contributed by atoms with Gasteiger partial charge in [0.2, 0.25) is 10.0 Å². The first-order chi connectivity index (χ1) is 8.96. The number of halogens is 2. The van der Waals surface area contributed by atoms with Gasteiger partial charge >= 0.3 is 0 Å². The van der Waals surface area contributed by atoms with Gasteiger partial charge < -0.3 is 5.32 Å². The summed E-state index contributed by atoms with van der Waals surface area (Å²) in [5, 5.41) is 3.08. The normalized spacial score (nSPS) is 15.7. The molecule has 4 nitrogen and oxygen atoms in total. The van der Waals surface area contributed by atoms with E-state index < -0.39 is 21.7 Å². The molecule has 1 fully saturated rings. The van der Waals surface area contributed by atoms with Gasteiger partial charge in [-0.15, -0.1) is 0 Å². The van der Waals surface area contributed by atoms with Gasteiger partial charge in [-0.2, -0.15) is 0 Å². The zero-order chi connectivity index (χ0) is 13.9. The maximum Gasteiger partial charge on any atom is 0.213 e. The van der Waals surface area contributed by atoms with E-state index in [1.165, 1.54) is 0 Å². The van der Waals surface area contributed by atoms with Gasteiger partial charge in [0.05, 0.1) is 5.75 Å². The number of sulfonamides is 1. The summed E-state index contributed by atoms with van der Waals surface area (Å²) in [6.45, 7) is 0.126. The molecule has 1 aromatic carbocycles. The molecule has 1 aliphatic rings. The fourth-order valence-electron chi connectivity index (χ4n) is 1.62.